The second-order valence-corrected chi connectivity index (χ2v) is 5.69. The smallest absolute Gasteiger partial charge is 0.338 e. The fourth-order valence-electron chi connectivity index (χ4n) is 1.93. The number of carbonyl (C=O) groups is 2. The molecule has 0 saturated carbocycles. The van der Waals surface area contributed by atoms with E-state index in [0.29, 0.717) is 23.0 Å². The van der Waals surface area contributed by atoms with Crippen molar-refractivity contribution in [1.82, 2.24) is 5.32 Å². The average molecular weight is 352 g/mol. The molecule has 0 heterocycles. The van der Waals surface area contributed by atoms with Crippen LogP contribution in [-0.2, 0) is 16.0 Å². The second-order valence-electron chi connectivity index (χ2n) is 4.82. The number of carbonyl (C=O) groups excluding carboxylic acids is 2. The monoisotopic (exact) mass is 351 g/mol. The van der Waals surface area contributed by atoms with Gasteiger partial charge in [-0.05, 0) is 30.2 Å². The van der Waals surface area contributed by atoms with Gasteiger partial charge in [-0.2, -0.15) is 0 Å². The Bertz CT molecular complexity index is 669. The van der Waals surface area contributed by atoms with Crippen LogP contribution in [0.4, 0.5) is 0 Å². The minimum Gasteiger partial charge on any atom is -0.452 e. The molecular formula is C17H15Cl2NO3. The molecule has 0 aromatic heterocycles. The molecule has 1 amide bonds. The highest BCUT2D eigenvalue weighted by atomic mass is 35.5. The zero-order chi connectivity index (χ0) is 16.7. The Morgan fingerprint density at radius 3 is 2.30 bits per heavy atom. The Labute approximate surface area is 144 Å². The zero-order valence-corrected chi connectivity index (χ0v) is 13.7. The summed E-state index contributed by atoms with van der Waals surface area (Å²) in [6.07, 6.45) is 0.713. The SMILES string of the molecule is O=C(COC(=O)c1cc(Cl)cc(Cl)c1)NCCc1ccccc1. The highest BCUT2D eigenvalue weighted by Crippen LogP contribution is 2.19. The Kier molecular flexibility index (Phi) is 6.44. The first kappa shape index (κ1) is 17.3. The van der Waals surface area contributed by atoms with Crippen LogP contribution in [0.1, 0.15) is 15.9 Å². The van der Waals surface area contributed by atoms with Gasteiger partial charge in [-0.15, -0.1) is 0 Å². The Morgan fingerprint density at radius 2 is 1.65 bits per heavy atom. The number of hydrogen-bond donors (Lipinski definition) is 1. The molecular weight excluding hydrogens is 337 g/mol. The molecule has 0 atom stereocenters. The lowest BCUT2D eigenvalue weighted by atomic mass is 10.1. The van der Waals surface area contributed by atoms with Gasteiger partial charge >= 0.3 is 5.97 Å². The molecule has 2 aromatic carbocycles. The fraction of sp³-hybridized carbons (Fsp3) is 0.176. The van der Waals surface area contributed by atoms with Crippen molar-refractivity contribution < 1.29 is 14.3 Å². The van der Waals surface area contributed by atoms with Gasteiger partial charge in [0.15, 0.2) is 6.61 Å². The lowest BCUT2D eigenvalue weighted by molar-refractivity contribution is -0.124. The van der Waals surface area contributed by atoms with E-state index in [1.165, 1.54) is 18.2 Å². The van der Waals surface area contributed by atoms with E-state index in [0.717, 1.165) is 5.56 Å². The van der Waals surface area contributed by atoms with Crippen molar-refractivity contribution in [1.29, 1.82) is 0 Å². The molecule has 0 aliphatic rings. The molecule has 6 heteroatoms. The third-order valence-electron chi connectivity index (χ3n) is 3.01. The molecule has 0 saturated heterocycles. The minimum atomic E-state index is -0.646. The van der Waals surface area contributed by atoms with E-state index in [-0.39, 0.29) is 18.1 Å². The molecule has 0 aliphatic carbocycles. The van der Waals surface area contributed by atoms with E-state index in [2.05, 4.69) is 5.32 Å². The summed E-state index contributed by atoms with van der Waals surface area (Å²) in [6.45, 7) is 0.126. The van der Waals surface area contributed by atoms with Gasteiger partial charge in [0.2, 0.25) is 0 Å². The quantitative estimate of drug-likeness (QED) is 0.810. The summed E-state index contributed by atoms with van der Waals surface area (Å²) in [6, 6.07) is 14.2. The van der Waals surface area contributed by atoms with Crippen molar-refractivity contribution in [3.05, 3.63) is 69.7 Å². The predicted octanol–water partition coefficient (Wildman–Crippen LogP) is 3.51. The van der Waals surface area contributed by atoms with Crippen LogP contribution in [0.5, 0.6) is 0 Å². The molecule has 0 spiro atoms. The van der Waals surface area contributed by atoms with Crippen LogP contribution < -0.4 is 5.32 Å². The first-order valence-corrected chi connectivity index (χ1v) is 7.74. The average Bonchev–Trinajstić information content (AvgIpc) is 2.52. The Balaban J connectivity index is 1.74. The van der Waals surface area contributed by atoms with Crippen LogP contribution in [-0.4, -0.2) is 25.0 Å². The first-order valence-electron chi connectivity index (χ1n) is 6.98. The zero-order valence-electron chi connectivity index (χ0n) is 12.2. The largest absolute Gasteiger partial charge is 0.452 e. The maximum absolute atomic E-state index is 11.8. The van der Waals surface area contributed by atoms with E-state index in [4.69, 9.17) is 27.9 Å². The van der Waals surface area contributed by atoms with Crippen LogP contribution >= 0.6 is 23.2 Å². The molecule has 0 radical (unpaired) electrons. The maximum Gasteiger partial charge on any atom is 0.338 e. The number of nitrogens with one attached hydrogen (secondary N) is 1. The normalized spacial score (nSPS) is 10.2. The van der Waals surface area contributed by atoms with Crippen LogP contribution in [0, 0.1) is 0 Å². The number of esters is 1. The fourth-order valence-corrected chi connectivity index (χ4v) is 2.45. The van der Waals surface area contributed by atoms with Gasteiger partial charge < -0.3 is 10.1 Å². The predicted molar refractivity (Wildman–Crippen MR) is 89.9 cm³/mol. The summed E-state index contributed by atoms with van der Waals surface area (Å²) in [5, 5.41) is 3.35. The third kappa shape index (κ3) is 5.93. The number of ether oxygens (including phenoxy) is 1. The maximum atomic E-state index is 11.8. The van der Waals surface area contributed by atoms with Crippen molar-refractivity contribution in [2.75, 3.05) is 13.2 Å². The van der Waals surface area contributed by atoms with Gasteiger partial charge in [-0.3, -0.25) is 4.79 Å². The van der Waals surface area contributed by atoms with Crippen molar-refractivity contribution in [2.24, 2.45) is 0 Å². The van der Waals surface area contributed by atoms with Crippen molar-refractivity contribution in [3.8, 4) is 0 Å². The Hall–Kier alpha value is -2.04. The highest BCUT2D eigenvalue weighted by molar-refractivity contribution is 6.35. The van der Waals surface area contributed by atoms with Gasteiger partial charge in [-0.25, -0.2) is 4.79 Å². The minimum absolute atomic E-state index is 0.208. The lowest BCUT2D eigenvalue weighted by Crippen LogP contribution is -2.30. The lowest BCUT2D eigenvalue weighted by Gasteiger charge is -2.07. The molecule has 4 nitrogen and oxygen atoms in total. The van der Waals surface area contributed by atoms with E-state index < -0.39 is 5.97 Å². The summed E-state index contributed by atoms with van der Waals surface area (Å²) in [5.41, 5.74) is 1.33. The second kappa shape index (κ2) is 8.56. The highest BCUT2D eigenvalue weighted by Gasteiger charge is 2.11. The van der Waals surface area contributed by atoms with Crippen LogP contribution in [0.15, 0.2) is 48.5 Å². The Morgan fingerprint density at radius 1 is 1.00 bits per heavy atom. The van der Waals surface area contributed by atoms with Gasteiger partial charge in [0.25, 0.3) is 5.91 Å². The van der Waals surface area contributed by atoms with Crippen molar-refractivity contribution >= 4 is 35.1 Å². The van der Waals surface area contributed by atoms with Gasteiger partial charge in [0.1, 0.15) is 0 Å². The molecule has 120 valence electrons. The number of amides is 1. The molecule has 2 rings (SSSR count). The number of halogens is 2. The number of benzene rings is 2. The summed E-state index contributed by atoms with van der Waals surface area (Å²) in [4.78, 5) is 23.5. The van der Waals surface area contributed by atoms with Gasteiger partial charge in [-0.1, -0.05) is 53.5 Å². The van der Waals surface area contributed by atoms with Crippen LogP contribution in [0.25, 0.3) is 0 Å². The van der Waals surface area contributed by atoms with Gasteiger partial charge in [0, 0.05) is 16.6 Å². The molecule has 23 heavy (non-hydrogen) atoms. The van der Waals surface area contributed by atoms with Crippen LogP contribution in [0.2, 0.25) is 10.0 Å². The summed E-state index contributed by atoms with van der Waals surface area (Å²) in [5.74, 6) is -1.00. The molecule has 1 N–H and O–H groups in total. The van der Waals surface area contributed by atoms with Crippen molar-refractivity contribution in [2.45, 2.75) is 6.42 Å². The molecule has 0 unspecified atom stereocenters. The summed E-state index contributed by atoms with van der Waals surface area (Å²) >= 11 is 11.6. The van der Waals surface area contributed by atoms with Gasteiger partial charge in [0.05, 0.1) is 5.56 Å². The summed E-state index contributed by atoms with van der Waals surface area (Å²) < 4.78 is 4.93. The van der Waals surface area contributed by atoms with E-state index in [1.54, 1.807) is 0 Å². The first-order chi connectivity index (χ1) is 11.0. The van der Waals surface area contributed by atoms with E-state index in [9.17, 15) is 9.59 Å². The molecule has 2 aromatic rings. The number of hydrogen-bond acceptors (Lipinski definition) is 3. The van der Waals surface area contributed by atoms with E-state index >= 15 is 0 Å². The summed E-state index contributed by atoms with van der Waals surface area (Å²) in [7, 11) is 0. The standard InChI is InChI=1S/C17H15Cl2NO3/c18-14-8-13(9-15(19)10-14)17(22)23-11-16(21)20-7-6-12-4-2-1-3-5-12/h1-5,8-10H,6-7,11H2,(H,20,21). The van der Waals surface area contributed by atoms with Crippen LogP contribution in [0.3, 0.4) is 0 Å². The molecule has 0 aliphatic heterocycles. The van der Waals surface area contributed by atoms with E-state index in [1.807, 2.05) is 30.3 Å². The molecule has 0 bridgehead atoms. The number of rotatable bonds is 6. The third-order valence-corrected chi connectivity index (χ3v) is 3.45. The topological polar surface area (TPSA) is 55.4 Å². The van der Waals surface area contributed by atoms with Crippen molar-refractivity contribution in [3.63, 3.8) is 0 Å². The molecule has 0 fully saturated rings.